The van der Waals surface area contributed by atoms with Gasteiger partial charge in [0, 0.05) is 44.9 Å². The van der Waals surface area contributed by atoms with Gasteiger partial charge in [0.1, 0.15) is 0 Å². The Hall–Kier alpha value is -2.11. The summed E-state index contributed by atoms with van der Waals surface area (Å²) in [6.45, 7) is 3.37. The molecule has 2 fully saturated rings. The van der Waals surface area contributed by atoms with Crippen LogP contribution in [-0.4, -0.2) is 54.4 Å². The molecule has 148 valence electrons. The lowest BCUT2D eigenvalue weighted by Gasteiger charge is -2.33. The van der Waals surface area contributed by atoms with Crippen molar-refractivity contribution in [2.45, 2.75) is 44.9 Å². The molecule has 0 spiro atoms. The van der Waals surface area contributed by atoms with E-state index in [-0.39, 0.29) is 29.3 Å². The van der Waals surface area contributed by atoms with Crippen LogP contribution >= 0.6 is 0 Å². The van der Waals surface area contributed by atoms with E-state index in [1.54, 1.807) is 18.2 Å². The van der Waals surface area contributed by atoms with Gasteiger partial charge in [-0.3, -0.25) is 9.59 Å². The topological polar surface area (TPSA) is 49.9 Å². The number of ether oxygens (including phenoxy) is 1. The minimum Gasteiger partial charge on any atom is -0.490 e. The molecule has 2 aliphatic rings. The molecule has 2 aliphatic heterocycles. The molecule has 0 aromatic heterocycles. The Labute approximate surface area is 160 Å². The van der Waals surface area contributed by atoms with Gasteiger partial charge in [-0.1, -0.05) is 12.1 Å². The standard InChI is InChI=1S/C21H29FN2O3/c22-18-8-1-2-9-19(18)27-16-17-7-5-14-24(15-17)21(26)11-6-13-23-12-4-3-10-20(23)25/h1-2,8-9,17H,3-7,10-16H2/t17-/m1/s1. The number of amides is 2. The van der Waals surface area contributed by atoms with Gasteiger partial charge in [-0.25, -0.2) is 4.39 Å². The number of carbonyl (C=O) groups excluding carboxylic acids is 2. The van der Waals surface area contributed by atoms with E-state index in [1.807, 2.05) is 9.80 Å². The van der Waals surface area contributed by atoms with Gasteiger partial charge in [-0.2, -0.15) is 0 Å². The van der Waals surface area contributed by atoms with Crippen LogP contribution in [0.4, 0.5) is 4.39 Å². The summed E-state index contributed by atoms with van der Waals surface area (Å²) in [4.78, 5) is 28.1. The van der Waals surface area contributed by atoms with E-state index in [1.165, 1.54) is 6.07 Å². The van der Waals surface area contributed by atoms with Gasteiger partial charge in [-0.15, -0.1) is 0 Å². The van der Waals surface area contributed by atoms with Crippen molar-refractivity contribution in [2.75, 3.05) is 32.8 Å². The van der Waals surface area contributed by atoms with E-state index in [9.17, 15) is 14.0 Å². The molecule has 3 rings (SSSR count). The van der Waals surface area contributed by atoms with E-state index >= 15 is 0 Å². The van der Waals surface area contributed by atoms with Gasteiger partial charge in [0.2, 0.25) is 11.8 Å². The summed E-state index contributed by atoms with van der Waals surface area (Å²) in [6, 6.07) is 6.41. The van der Waals surface area contributed by atoms with E-state index in [2.05, 4.69) is 0 Å². The average Bonchev–Trinajstić information content (AvgIpc) is 2.69. The van der Waals surface area contributed by atoms with Gasteiger partial charge in [0.25, 0.3) is 0 Å². The number of rotatable bonds is 7. The first kappa shape index (κ1) is 19.6. The maximum absolute atomic E-state index is 13.7. The largest absolute Gasteiger partial charge is 0.490 e. The number of nitrogens with zero attached hydrogens (tertiary/aromatic N) is 2. The predicted molar refractivity (Wildman–Crippen MR) is 101 cm³/mol. The number of carbonyl (C=O) groups is 2. The van der Waals surface area contributed by atoms with Crippen LogP contribution in [0.25, 0.3) is 0 Å². The molecule has 0 saturated carbocycles. The third-order valence-electron chi connectivity index (χ3n) is 5.42. The van der Waals surface area contributed by atoms with Gasteiger partial charge < -0.3 is 14.5 Å². The van der Waals surface area contributed by atoms with Crippen molar-refractivity contribution >= 4 is 11.8 Å². The maximum Gasteiger partial charge on any atom is 0.222 e. The number of likely N-dealkylation sites (tertiary alicyclic amines) is 2. The van der Waals surface area contributed by atoms with Crippen LogP contribution in [0, 0.1) is 11.7 Å². The van der Waals surface area contributed by atoms with Crippen molar-refractivity contribution in [3.05, 3.63) is 30.1 Å². The van der Waals surface area contributed by atoms with Crippen LogP contribution in [-0.2, 0) is 9.59 Å². The van der Waals surface area contributed by atoms with Crippen LogP contribution in [0.1, 0.15) is 44.9 Å². The molecule has 0 bridgehead atoms. The second kappa shape index (κ2) is 9.72. The highest BCUT2D eigenvalue weighted by molar-refractivity contribution is 5.77. The quantitative estimate of drug-likeness (QED) is 0.734. The molecule has 2 heterocycles. The highest BCUT2D eigenvalue weighted by Crippen LogP contribution is 2.21. The van der Waals surface area contributed by atoms with Crippen LogP contribution in [0.5, 0.6) is 5.75 Å². The van der Waals surface area contributed by atoms with Crippen LogP contribution in [0.15, 0.2) is 24.3 Å². The third kappa shape index (κ3) is 5.68. The summed E-state index contributed by atoms with van der Waals surface area (Å²) in [5.74, 6) is 0.513. The molecule has 6 heteroatoms. The Morgan fingerprint density at radius 1 is 1.19 bits per heavy atom. The fourth-order valence-electron chi connectivity index (χ4n) is 3.87. The lowest BCUT2D eigenvalue weighted by Crippen LogP contribution is -2.42. The number of benzene rings is 1. The van der Waals surface area contributed by atoms with Crippen molar-refractivity contribution in [2.24, 2.45) is 5.92 Å². The Morgan fingerprint density at radius 2 is 2.04 bits per heavy atom. The molecule has 1 aromatic carbocycles. The fraction of sp³-hybridized carbons (Fsp3) is 0.619. The normalized spacial score (nSPS) is 20.6. The molecule has 5 nitrogen and oxygen atoms in total. The Bertz CT molecular complexity index is 652. The number of halogens is 1. The summed E-state index contributed by atoms with van der Waals surface area (Å²) in [5.41, 5.74) is 0. The van der Waals surface area contributed by atoms with E-state index in [0.717, 1.165) is 45.2 Å². The lowest BCUT2D eigenvalue weighted by atomic mass is 9.98. The Morgan fingerprint density at radius 3 is 2.85 bits per heavy atom. The summed E-state index contributed by atoms with van der Waals surface area (Å²) in [6.07, 6.45) is 5.82. The minimum atomic E-state index is -0.353. The predicted octanol–water partition coefficient (Wildman–Crippen LogP) is 3.24. The average molecular weight is 376 g/mol. The van der Waals surface area contributed by atoms with Crippen LogP contribution in [0.3, 0.4) is 0 Å². The number of hydrogen-bond acceptors (Lipinski definition) is 3. The van der Waals surface area contributed by atoms with Crippen molar-refractivity contribution < 1.29 is 18.7 Å². The first-order chi connectivity index (χ1) is 13.1. The molecular formula is C21H29FN2O3. The monoisotopic (exact) mass is 376 g/mol. The summed E-state index contributed by atoms with van der Waals surface area (Å²) in [5, 5.41) is 0. The SMILES string of the molecule is O=C1CCCCN1CCCC(=O)N1CCC[C@@H](COc2ccccc2F)C1. The first-order valence-electron chi connectivity index (χ1n) is 10.1. The Kier molecular flexibility index (Phi) is 7.07. The Balaban J connectivity index is 1.39. The first-order valence-corrected chi connectivity index (χ1v) is 10.1. The second-order valence-electron chi connectivity index (χ2n) is 7.53. The second-order valence-corrected chi connectivity index (χ2v) is 7.53. The fourth-order valence-corrected chi connectivity index (χ4v) is 3.87. The van der Waals surface area contributed by atoms with Crippen LogP contribution in [0.2, 0.25) is 0 Å². The molecule has 0 aliphatic carbocycles. The summed E-state index contributed by atoms with van der Waals surface area (Å²) < 4.78 is 19.3. The molecule has 1 aromatic rings. The molecule has 0 N–H and O–H groups in total. The number of hydrogen-bond donors (Lipinski definition) is 0. The highest BCUT2D eigenvalue weighted by Gasteiger charge is 2.25. The number of piperidine rings is 2. The zero-order valence-corrected chi connectivity index (χ0v) is 15.9. The third-order valence-corrected chi connectivity index (χ3v) is 5.42. The highest BCUT2D eigenvalue weighted by atomic mass is 19.1. The molecule has 27 heavy (non-hydrogen) atoms. The zero-order chi connectivity index (χ0) is 19.1. The van der Waals surface area contributed by atoms with Gasteiger partial charge in [0.05, 0.1) is 6.61 Å². The summed E-state index contributed by atoms with van der Waals surface area (Å²) in [7, 11) is 0. The van der Waals surface area contributed by atoms with Gasteiger partial charge >= 0.3 is 0 Å². The smallest absolute Gasteiger partial charge is 0.222 e. The number of para-hydroxylation sites is 1. The van der Waals surface area contributed by atoms with E-state index < -0.39 is 0 Å². The molecule has 0 unspecified atom stereocenters. The van der Waals surface area contributed by atoms with Gasteiger partial charge in [-0.05, 0) is 44.2 Å². The molecular weight excluding hydrogens is 347 g/mol. The molecule has 0 radical (unpaired) electrons. The van der Waals surface area contributed by atoms with Gasteiger partial charge in [0.15, 0.2) is 11.6 Å². The molecule has 2 saturated heterocycles. The van der Waals surface area contributed by atoms with Crippen molar-refractivity contribution in [1.82, 2.24) is 9.80 Å². The van der Waals surface area contributed by atoms with Crippen molar-refractivity contribution in [3.63, 3.8) is 0 Å². The zero-order valence-electron chi connectivity index (χ0n) is 15.9. The van der Waals surface area contributed by atoms with Crippen LogP contribution < -0.4 is 4.74 Å². The lowest BCUT2D eigenvalue weighted by molar-refractivity contribution is -0.136. The van der Waals surface area contributed by atoms with Crippen molar-refractivity contribution in [3.8, 4) is 5.75 Å². The minimum absolute atomic E-state index is 0.148. The molecule has 1 atom stereocenters. The summed E-state index contributed by atoms with van der Waals surface area (Å²) >= 11 is 0. The van der Waals surface area contributed by atoms with Crippen molar-refractivity contribution in [1.29, 1.82) is 0 Å². The maximum atomic E-state index is 13.7. The molecule has 2 amide bonds. The van der Waals surface area contributed by atoms with E-state index in [4.69, 9.17) is 4.74 Å². The van der Waals surface area contributed by atoms with E-state index in [0.29, 0.717) is 32.5 Å².